The van der Waals surface area contributed by atoms with Crippen molar-refractivity contribution in [2.75, 3.05) is 20.2 Å². The van der Waals surface area contributed by atoms with Crippen LogP contribution in [-0.2, 0) is 6.54 Å². The molecule has 0 aliphatic carbocycles. The van der Waals surface area contributed by atoms with E-state index in [-0.39, 0.29) is 35.2 Å². The van der Waals surface area contributed by atoms with Gasteiger partial charge in [0, 0.05) is 31.4 Å². The van der Waals surface area contributed by atoms with Crippen LogP contribution >= 0.6 is 0 Å². The van der Waals surface area contributed by atoms with Gasteiger partial charge in [0.05, 0.1) is 13.2 Å². The van der Waals surface area contributed by atoms with Crippen molar-refractivity contribution >= 4 is 11.8 Å². The number of aromatic nitrogens is 1. The van der Waals surface area contributed by atoms with E-state index in [2.05, 4.69) is 5.32 Å². The number of benzene rings is 1. The second-order valence-corrected chi connectivity index (χ2v) is 7.49. The van der Waals surface area contributed by atoms with E-state index in [4.69, 9.17) is 4.74 Å². The molecule has 0 saturated carbocycles. The van der Waals surface area contributed by atoms with Crippen LogP contribution in [0, 0.1) is 5.82 Å². The number of methoxy groups -OCH3 is 1. The van der Waals surface area contributed by atoms with Crippen molar-refractivity contribution in [3.05, 3.63) is 57.3 Å². The molecule has 0 spiro atoms. The summed E-state index contributed by atoms with van der Waals surface area (Å²) in [6, 6.07) is 4.43. The van der Waals surface area contributed by atoms with Gasteiger partial charge in [-0.2, -0.15) is 0 Å². The average Bonchev–Trinajstić information content (AvgIpc) is 2.97. The fourth-order valence-electron chi connectivity index (χ4n) is 4.08. The lowest BCUT2D eigenvalue weighted by Gasteiger charge is -2.34. The molecule has 9 heteroatoms. The molecule has 2 amide bonds. The zero-order valence-corrected chi connectivity index (χ0v) is 16.5. The highest BCUT2D eigenvalue weighted by Gasteiger charge is 2.36. The second-order valence-electron chi connectivity index (χ2n) is 7.49. The van der Waals surface area contributed by atoms with Crippen molar-refractivity contribution in [2.24, 2.45) is 0 Å². The lowest BCUT2D eigenvalue weighted by Crippen LogP contribution is -2.44. The summed E-state index contributed by atoms with van der Waals surface area (Å²) >= 11 is 0. The molecule has 1 atom stereocenters. The molecule has 158 valence electrons. The summed E-state index contributed by atoms with van der Waals surface area (Å²) in [5.74, 6) is -2.44. The van der Waals surface area contributed by atoms with Crippen LogP contribution in [0.3, 0.4) is 0 Å². The van der Waals surface area contributed by atoms with Crippen LogP contribution in [0.4, 0.5) is 4.39 Å². The molecule has 8 nitrogen and oxygen atoms in total. The van der Waals surface area contributed by atoms with Gasteiger partial charge in [-0.3, -0.25) is 14.4 Å². The first-order chi connectivity index (χ1) is 14.4. The topological polar surface area (TPSA) is 101 Å². The molecular weight excluding hydrogens is 393 g/mol. The predicted molar refractivity (Wildman–Crippen MR) is 105 cm³/mol. The Hall–Kier alpha value is -3.36. The van der Waals surface area contributed by atoms with E-state index in [1.54, 1.807) is 15.5 Å². The number of aromatic hydroxyl groups is 1. The Kier molecular flexibility index (Phi) is 5.19. The van der Waals surface area contributed by atoms with Crippen LogP contribution in [0.25, 0.3) is 0 Å². The Labute approximate surface area is 171 Å². The van der Waals surface area contributed by atoms with Gasteiger partial charge in [0.1, 0.15) is 5.56 Å². The molecule has 2 aliphatic heterocycles. The van der Waals surface area contributed by atoms with Crippen LogP contribution in [0.1, 0.15) is 51.7 Å². The van der Waals surface area contributed by atoms with E-state index < -0.39 is 28.8 Å². The Balaban J connectivity index is 1.65. The fourth-order valence-corrected chi connectivity index (χ4v) is 4.08. The number of hydrogen-bond acceptors (Lipinski definition) is 5. The molecule has 2 aromatic rings. The van der Waals surface area contributed by atoms with Crippen molar-refractivity contribution in [2.45, 2.75) is 31.8 Å². The van der Waals surface area contributed by atoms with E-state index in [1.165, 1.54) is 25.4 Å². The van der Waals surface area contributed by atoms with E-state index in [9.17, 15) is 23.9 Å². The number of hydrogen-bond donors (Lipinski definition) is 2. The van der Waals surface area contributed by atoms with Gasteiger partial charge in [-0.25, -0.2) is 4.39 Å². The lowest BCUT2D eigenvalue weighted by molar-refractivity contribution is 0.0677. The van der Waals surface area contributed by atoms with Crippen LogP contribution in [0.5, 0.6) is 11.5 Å². The Bertz CT molecular complexity index is 1080. The molecule has 4 rings (SSSR count). The lowest BCUT2D eigenvalue weighted by atomic mass is 10.1. The molecule has 2 bridgehead atoms. The molecule has 1 aromatic carbocycles. The number of amides is 2. The number of rotatable bonds is 4. The van der Waals surface area contributed by atoms with Crippen molar-refractivity contribution in [1.29, 1.82) is 0 Å². The van der Waals surface area contributed by atoms with E-state index in [0.717, 1.165) is 19.3 Å². The van der Waals surface area contributed by atoms with Gasteiger partial charge in [-0.15, -0.1) is 0 Å². The Morgan fingerprint density at radius 3 is 2.90 bits per heavy atom. The summed E-state index contributed by atoms with van der Waals surface area (Å²) in [6.07, 6.45) is 3.85. The van der Waals surface area contributed by atoms with Crippen molar-refractivity contribution in [1.82, 2.24) is 14.8 Å². The van der Waals surface area contributed by atoms with Crippen LogP contribution in [0.15, 0.2) is 29.2 Å². The Morgan fingerprint density at radius 1 is 1.33 bits per heavy atom. The smallest absolute Gasteiger partial charge is 0.274 e. The molecule has 2 aliphatic rings. The quantitative estimate of drug-likeness (QED) is 0.793. The number of pyridine rings is 1. The summed E-state index contributed by atoms with van der Waals surface area (Å²) < 4.78 is 20.8. The minimum atomic E-state index is -0.918. The summed E-state index contributed by atoms with van der Waals surface area (Å²) in [7, 11) is 1.34. The van der Waals surface area contributed by atoms with Gasteiger partial charge in [-0.05, 0) is 25.3 Å². The van der Waals surface area contributed by atoms with Gasteiger partial charge >= 0.3 is 0 Å². The number of carbonyl (C=O) groups is 2. The molecule has 1 fully saturated rings. The first-order valence-electron chi connectivity index (χ1n) is 9.79. The third kappa shape index (κ3) is 3.30. The summed E-state index contributed by atoms with van der Waals surface area (Å²) in [6.45, 7) is 0.890. The van der Waals surface area contributed by atoms with Crippen molar-refractivity contribution in [3.63, 3.8) is 0 Å². The average molecular weight is 415 g/mol. The molecule has 1 aromatic heterocycles. The third-order valence-electron chi connectivity index (χ3n) is 5.69. The molecule has 3 heterocycles. The molecule has 30 heavy (non-hydrogen) atoms. The number of fused-ring (bicyclic) bond motifs is 4. The van der Waals surface area contributed by atoms with Gasteiger partial charge in [-0.1, -0.05) is 12.1 Å². The van der Waals surface area contributed by atoms with Gasteiger partial charge in [0.25, 0.3) is 11.8 Å². The van der Waals surface area contributed by atoms with E-state index in [1.807, 2.05) is 0 Å². The van der Waals surface area contributed by atoms with Crippen LogP contribution in [0.2, 0.25) is 0 Å². The summed E-state index contributed by atoms with van der Waals surface area (Å²) in [5.41, 5.74) is -1.09. The van der Waals surface area contributed by atoms with Gasteiger partial charge in [0.15, 0.2) is 23.0 Å². The molecular formula is C21H22FN3O5. The van der Waals surface area contributed by atoms with Crippen molar-refractivity contribution < 1.29 is 23.8 Å². The minimum Gasteiger partial charge on any atom is -0.503 e. The maximum Gasteiger partial charge on any atom is 0.274 e. The van der Waals surface area contributed by atoms with E-state index in [0.29, 0.717) is 13.1 Å². The maximum absolute atomic E-state index is 14.3. The standard InChI is InChI=1S/C21H22FN3O5/c1-30-15-7-4-5-12(16(15)22)9-23-20(28)14-11-25-13-6-2-3-8-24(10-13)21(29)17(25)19(27)18(14)26/h4-5,7,11,13,27H,2-3,6,8-10H2,1H3,(H,23,28)/t13-/m0/s1. The number of nitrogens with zero attached hydrogens (tertiary/aromatic N) is 2. The number of halogens is 1. The molecule has 1 saturated heterocycles. The van der Waals surface area contributed by atoms with Crippen molar-refractivity contribution in [3.8, 4) is 11.5 Å². The first-order valence-corrected chi connectivity index (χ1v) is 9.79. The molecule has 2 N–H and O–H groups in total. The minimum absolute atomic E-state index is 0.0460. The van der Waals surface area contributed by atoms with Gasteiger partial charge < -0.3 is 24.6 Å². The van der Waals surface area contributed by atoms with Crippen LogP contribution < -0.4 is 15.5 Å². The highest BCUT2D eigenvalue weighted by Crippen LogP contribution is 2.31. The second kappa shape index (κ2) is 7.81. The molecule has 0 unspecified atom stereocenters. The Morgan fingerprint density at radius 2 is 2.13 bits per heavy atom. The predicted octanol–water partition coefficient (Wildman–Crippen LogP) is 1.81. The number of nitrogens with one attached hydrogen (secondary N) is 1. The number of carbonyl (C=O) groups excluding carboxylic acids is 2. The largest absolute Gasteiger partial charge is 0.503 e. The van der Waals surface area contributed by atoms with Gasteiger partial charge in [0.2, 0.25) is 5.43 Å². The highest BCUT2D eigenvalue weighted by molar-refractivity contribution is 5.99. The fraction of sp³-hybridized carbons (Fsp3) is 0.381. The molecule has 0 radical (unpaired) electrons. The monoisotopic (exact) mass is 415 g/mol. The summed E-state index contributed by atoms with van der Waals surface area (Å²) in [4.78, 5) is 39.6. The first kappa shape index (κ1) is 19.9. The maximum atomic E-state index is 14.3. The zero-order chi connectivity index (χ0) is 21.4. The normalized spacial score (nSPS) is 17.9. The number of ether oxygens (including phenoxy) is 1. The SMILES string of the molecule is COc1cccc(CNC(=O)c2cn3c(c(O)c2=O)C(=O)N2CCCC[C@H]3C2)c1F. The summed E-state index contributed by atoms with van der Waals surface area (Å²) in [5, 5.41) is 13.0. The third-order valence-corrected chi connectivity index (χ3v) is 5.69. The van der Waals surface area contributed by atoms with E-state index >= 15 is 0 Å². The van der Waals surface area contributed by atoms with Crippen LogP contribution in [-0.4, -0.2) is 46.6 Å². The zero-order valence-electron chi connectivity index (χ0n) is 16.5. The highest BCUT2D eigenvalue weighted by atomic mass is 19.1.